The van der Waals surface area contributed by atoms with Gasteiger partial charge < -0.3 is 25.0 Å². The number of anilines is 1. The lowest BCUT2D eigenvalue weighted by Gasteiger charge is -2.44. The number of rotatable bonds is 10. The van der Waals surface area contributed by atoms with Crippen molar-refractivity contribution in [2.24, 2.45) is 11.8 Å². The number of hydrogen-bond acceptors (Lipinski definition) is 4. The van der Waals surface area contributed by atoms with Crippen molar-refractivity contribution in [2.75, 3.05) is 25.5 Å². The van der Waals surface area contributed by atoms with E-state index in [4.69, 9.17) is 11.6 Å². The Morgan fingerprint density at radius 1 is 1.11 bits per heavy atom. The number of aromatic nitrogens is 1. The summed E-state index contributed by atoms with van der Waals surface area (Å²) in [5.41, 5.74) is 1.23. The SMILES string of the molecule is C=C(c1cc(F)c(NC(=O)/C=C/CNC2CCC(C)CC2)c(F)c1)c1ccc2c(C3=C(Cl)C4CC(CC)=C(CO)N(C)C4C=C3C(F)(F)F)cccn12. The lowest BCUT2D eigenvalue weighted by Crippen LogP contribution is -2.44. The summed E-state index contributed by atoms with van der Waals surface area (Å²) >= 11 is 6.97. The van der Waals surface area contributed by atoms with Crippen LogP contribution in [0.15, 0.2) is 89.3 Å². The Balaban J connectivity index is 1.26. The number of nitrogens with zero attached hydrogens (tertiary/aromatic N) is 2. The Labute approximate surface area is 311 Å². The van der Waals surface area contributed by atoms with E-state index in [-0.39, 0.29) is 33.9 Å². The first kappa shape index (κ1) is 38.5. The highest BCUT2D eigenvalue weighted by molar-refractivity contribution is 6.34. The van der Waals surface area contributed by atoms with Gasteiger partial charge in [0.1, 0.15) is 17.3 Å². The second kappa shape index (κ2) is 15.7. The zero-order valence-electron chi connectivity index (χ0n) is 30.0. The number of allylic oxidation sites excluding steroid dienone is 3. The van der Waals surface area contributed by atoms with E-state index in [0.717, 1.165) is 49.3 Å². The van der Waals surface area contributed by atoms with Gasteiger partial charge in [0.2, 0.25) is 5.91 Å². The van der Waals surface area contributed by atoms with E-state index in [1.807, 2.05) is 6.92 Å². The van der Waals surface area contributed by atoms with Gasteiger partial charge >= 0.3 is 6.18 Å². The molecule has 0 saturated heterocycles. The van der Waals surface area contributed by atoms with Gasteiger partial charge in [0.05, 0.1) is 29.4 Å². The number of aliphatic hydroxyl groups is 1. The quantitative estimate of drug-likeness (QED) is 0.143. The molecule has 2 atom stereocenters. The van der Waals surface area contributed by atoms with Crippen LogP contribution in [0.3, 0.4) is 0 Å². The molecule has 0 spiro atoms. The molecule has 12 heteroatoms. The van der Waals surface area contributed by atoms with Crippen molar-refractivity contribution in [3.63, 3.8) is 0 Å². The summed E-state index contributed by atoms with van der Waals surface area (Å²) < 4.78 is 76.6. The number of alkyl halides is 3. The van der Waals surface area contributed by atoms with Gasteiger partial charge in [0, 0.05) is 59.7 Å². The predicted molar refractivity (Wildman–Crippen MR) is 200 cm³/mol. The molecule has 1 aromatic carbocycles. The largest absolute Gasteiger partial charge is 0.416 e. The highest BCUT2D eigenvalue weighted by Crippen LogP contribution is 2.51. The van der Waals surface area contributed by atoms with Crippen molar-refractivity contribution in [3.8, 4) is 0 Å². The fourth-order valence-corrected chi connectivity index (χ4v) is 8.37. The Bertz CT molecular complexity index is 2010. The van der Waals surface area contributed by atoms with Crippen LogP contribution >= 0.6 is 11.6 Å². The van der Waals surface area contributed by atoms with Gasteiger partial charge in [-0.2, -0.15) is 13.2 Å². The maximum atomic E-state index is 15.3. The number of carbonyl (C=O) groups excluding carboxylic acids is 1. The van der Waals surface area contributed by atoms with Gasteiger partial charge in [0.15, 0.2) is 0 Å². The number of pyridine rings is 1. The van der Waals surface area contributed by atoms with Gasteiger partial charge in [-0.15, -0.1) is 0 Å². The Hall–Kier alpha value is -4.19. The van der Waals surface area contributed by atoms with E-state index >= 15 is 8.78 Å². The van der Waals surface area contributed by atoms with E-state index in [1.165, 1.54) is 12.2 Å². The fourth-order valence-electron chi connectivity index (χ4n) is 7.96. The minimum Gasteiger partial charge on any atom is -0.390 e. The van der Waals surface area contributed by atoms with Crippen LogP contribution in [0.4, 0.5) is 27.6 Å². The van der Waals surface area contributed by atoms with E-state index in [9.17, 15) is 23.1 Å². The van der Waals surface area contributed by atoms with Crippen LogP contribution in [-0.4, -0.2) is 58.8 Å². The highest BCUT2D eigenvalue weighted by Gasteiger charge is 2.46. The Morgan fingerprint density at radius 3 is 2.45 bits per heavy atom. The van der Waals surface area contributed by atoms with Crippen molar-refractivity contribution in [1.29, 1.82) is 0 Å². The van der Waals surface area contributed by atoms with E-state index < -0.39 is 46.9 Å². The van der Waals surface area contributed by atoms with Crippen LogP contribution in [0.25, 0.3) is 16.7 Å². The van der Waals surface area contributed by atoms with Crippen LogP contribution in [-0.2, 0) is 4.79 Å². The van der Waals surface area contributed by atoms with Crippen molar-refractivity contribution >= 4 is 39.9 Å². The normalized spacial score (nSPS) is 22.5. The molecule has 3 heterocycles. The number of carbonyl (C=O) groups is 1. The van der Waals surface area contributed by atoms with Crippen molar-refractivity contribution in [1.82, 2.24) is 14.6 Å². The molecule has 0 radical (unpaired) electrons. The summed E-state index contributed by atoms with van der Waals surface area (Å²) in [4.78, 5) is 14.2. The molecule has 6 rings (SSSR count). The lowest BCUT2D eigenvalue weighted by molar-refractivity contribution is -0.112. The summed E-state index contributed by atoms with van der Waals surface area (Å²) in [6.07, 6.45) is 6.41. The highest BCUT2D eigenvalue weighted by atomic mass is 35.5. The second-order valence-corrected chi connectivity index (χ2v) is 14.6. The maximum absolute atomic E-state index is 15.3. The average Bonchev–Trinajstić information content (AvgIpc) is 3.56. The summed E-state index contributed by atoms with van der Waals surface area (Å²) in [6.45, 7) is 8.41. The third-order valence-corrected chi connectivity index (χ3v) is 11.4. The molecule has 6 nitrogen and oxygen atoms in total. The van der Waals surface area contributed by atoms with Crippen molar-refractivity contribution in [3.05, 3.63) is 118 Å². The van der Waals surface area contributed by atoms with Crippen LogP contribution < -0.4 is 10.6 Å². The number of hydrogen-bond donors (Lipinski definition) is 3. The summed E-state index contributed by atoms with van der Waals surface area (Å²) in [5, 5.41) is 15.8. The molecule has 1 fully saturated rings. The number of halogens is 6. The van der Waals surface area contributed by atoms with Gasteiger partial charge in [0.25, 0.3) is 0 Å². The molecule has 0 bridgehead atoms. The molecule has 3 N–H and O–H groups in total. The van der Waals surface area contributed by atoms with Crippen LogP contribution in [0, 0.1) is 23.5 Å². The molecule has 1 amide bonds. The minimum absolute atomic E-state index is 0.0704. The van der Waals surface area contributed by atoms with E-state index in [0.29, 0.717) is 42.3 Å². The smallest absolute Gasteiger partial charge is 0.390 e. The fraction of sp³-hybridized carbons (Fsp3) is 0.390. The molecular formula is C41H44ClF5N4O2. The number of amides is 1. The molecule has 1 aliphatic heterocycles. The van der Waals surface area contributed by atoms with E-state index in [2.05, 4.69) is 24.1 Å². The second-order valence-electron chi connectivity index (χ2n) is 14.2. The van der Waals surface area contributed by atoms with Crippen molar-refractivity contribution < 1.29 is 31.9 Å². The minimum atomic E-state index is -4.74. The first-order chi connectivity index (χ1) is 25.2. The molecule has 53 heavy (non-hydrogen) atoms. The number of fused-ring (bicyclic) bond motifs is 2. The van der Waals surface area contributed by atoms with Crippen LogP contribution in [0.5, 0.6) is 0 Å². The van der Waals surface area contributed by atoms with Gasteiger partial charge in [-0.25, -0.2) is 8.78 Å². The van der Waals surface area contributed by atoms with E-state index in [1.54, 1.807) is 52.9 Å². The first-order valence-corrected chi connectivity index (χ1v) is 18.3. The maximum Gasteiger partial charge on any atom is 0.416 e. The third kappa shape index (κ3) is 7.75. The first-order valence-electron chi connectivity index (χ1n) is 18.0. The molecule has 282 valence electrons. The number of benzene rings is 1. The lowest BCUT2D eigenvalue weighted by atomic mass is 9.76. The third-order valence-electron chi connectivity index (χ3n) is 10.9. The Kier molecular flexibility index (Phi) is 11.4. The monoisotopic (exact) mass is 754 g/mol. The number of nitrogens with one attached hydrogen (secondary N) is 2. The molecular weight excluding hydrogens is 711 g/mol. The Morgan fingerprint density at radius 2 is 1.81 bits per heavy atom. The summed E-state index contributed by atoms with van der Waals surface area (Å²) in [6, 6.07) is 8.20. The average molecular weight is 755 g/mol. The molecule has 2 aromatic heterocycles. The predicted octanol–water partition coefficient (Wildman–Crippen LogP) is 9.37. The number of aliphatic hydroxyl groups excluding tert-OH is 1. The standard InChI is InChI=1S/C41H44ClF5N4O2/c1-5-25-18-29-35(50(4)36(25)22-52)21-30(41(45,46)47)38(39(29)42)28-8-7-17-51-33(14-15-34(28)51)24(3)26-19-31(43)40(32(44)20-26)49-37(53)9-6-16-48-27-12-10-23(2)11-13-27/h6-9,14-15,17,19-21,23,27,29,35,48,52H,3,5,10-13,16,18,22H2,1-2,4H3,(H,49,53)/b9-6+. The van der Waals surface area contributed by atoms with Crippen LogP contribution in [0.1, 0.15) is 69.2 Å². The zero-order valence-corrected chi connectivity index (χ0v) is 30.7. The van der Waals surface area contributed by atoms with Gasteiger partial charge in [-0.1, -0.05) is 44.2 Å². The van der Waals surface area contributed by atoms with Gasteiger partial charge in [-0.05, 0) is 97.6 Å². The summed E-state index contributed by atoms with van der Waals surface area (Å²) in [7, 11) is 1.67. The molecule has 1 saturated carbocycles. The molecule has 2 unspecified atom stereocenters. The topological polar surface area (TPSA) is 69.0 Å². The zero-order chi connectivity index (χ0) is 38.2. The van der Waals surface area contributed by atoms with Crippen molar-refractivity contribution in [2.45, 2.75) is 70.6 Å². The molecule has 3 aromatic rings. The summed E-state index contributed by atoms with van der Waals surface area (Å²) in [5.74, 6) is -2.44. The molecule has 3 aliphatic rings. The molecule has 2 aliphatic carbocycles. The van der Waals surface area contributed by atoms with Gasteiger partial charge in [-0.3, -0.25) is 4.79 Å². The number of likely N-dealkylation sites (N-methyl/N-ethyl adjacent to an activating group) is 1. The van der Waals surface area contributed by atoms with Crippen LogP contribution in [0.2, 0.25) is 0 Å².